The standard InChI is InChI=1S/C20H21N5O3/c26-19(20-21-10-11-22-20)15-8-12-24(13-9-15)17-7-6-16(25(27)28)18(23-17)14-4-2-1-3-5-14/h1-7,10-11,15,19,26H,8-9,12-13H2,(H,21,22)/t19-/m0/s1. The molecule has 0 aliphatic carbocycles. The Morgan fingerprint density at radius 3 is 2.57 bits per heavy atom. The van der Waals surface area contributed by atoms with E-state index in [0.717, 1.165) is 37.3 Å². The lowest BCUT2D eigenvalue weighted by atomic mass is 9.91. The number of aliphatic hydroxyl groups excluding tert-OH is 1. The molecule has 0 bridgehead atoms. The van der Waals surface area contributed by atoms with Gasteiger partial charge in [0.1, 0.15) is 17.7 Å². The zero-order valence-electron chi connectivity index (χ0n) is 15.2. The molecule has 28 heavy (non-hydrogen) atoms. The molecule has 1 atom stereocenters. The highest BCUT2D eigenvalue weighted by Gasteiger charge is 2.29. The number of nitrogens with zero attached hydrogens (tertiary/aromatic N) is 4. The fourth-order valence-electron chi connectivity index (χ4n) is 3.68. The van der Waals surface area contributed by atoms with Crippen molar-refractivity contribution in [2.75, 3.05) is 18.0 Å². The second-order valence-electron chi connectivity index (χ2n) is 6.90. The lowest BCUT2D eigenvalue weighted by Gasteiger charge is -2.34. The van der Waals surface area contributed by atoms with Crippen molar-refractivity contribution in [1.82, 2.24) is 15.0 Å². The number of rotatable bonds is 5. The van der Waals surface area contributed by atoms with Gasteiger partial charge in [0.15, 0.2) is 5.69 Å². The number of H-pyrrole nitrogens is 1. The zero-order valence-corrected chi connectivity index (χ0v) is 15.2. The molecular weight excluding hydrogens is 358 g/mol. The summed E-state index contributed by atoms with van der Waals surface area (Å²) >= 11 is 0. The van der Waals surface area contributed by atoms with Crippen molar-refractivity contribution in [2.24, 2.45) is 5.92 Å². The van der Waals surface area contributed by atoms with E-state index in [1.54, 1.807) is 18.5 Å². The summed E-state index contributed by atoms with van der Waals surface area (Å²) in [6.45, 7) is 1.45. The van der Waals surface area contributed by atoms with Crippen LogP contribution in [0.2, 0.25) is 0 Å². The average Bonchev–Trinajstić information content (AvgIpc) is 3.28. The van der Waals surface area contributed by atoms with E-state index >= 15 is 0 Å². The minimum absolute atomic E-state index is 0.00178. The summed E-state index contributed by atoms with van der Waals surface area (Å²) < 4.78 is 0. The van der Waals surface area contributed by atoms with Crippen molar-refractivity contribution >= 4 is 11.5 Å². The van der Waals surface area contributed by atoms with Crippen LogP contribution in [-0.2, 0) is 0 Å². The van der Waals surface area contributed by atoms with Crippen LogP contribution in [0.1, 0.15) is 24.8 Å². The molecule has 1 aromatic carbocycles. The van der Waals surface area contributed by atoms with Crippen LogP contribution in [0.5, 0.6) is 0 Å². The normalized spacial score (nSPS) is 16.1. The number of aromatic nitrogens is 3. The molecule has 1 aliphatic heterocycles. The number of piperidine rings is 1. The predicted octanol–water partition coefficient (Wildman–Crippen LogP) is 3.33. The number of anilines is 1. The van der Waals surface area contributed by atoms with Crippen molar-refractivity contribution in [3.63, 3.8) is 0 Å². The summed E-state index contributed by atoms with van der Waals surface area (Å²) in [5.41, 5.74) is 1.10. The maximum Gasteiger partial charge on any atom is 0.295 e. The fourth-order valence-corrected chi connectivity index (χ4v) is 3.68. The van der Waals surface area contributed by atoms with Gasteiger partial charge >= 0.3 is 0 Å². The largest absolute Gasteiger partial charge is 0.385 e. The Kier molecular flexibility index (Phi) is 5.03. The molecule has 1 aliphatic rings. The number of nitrogens with one attached hydrogen (secondary N) is 1. The van der Waals surface area contributed by atoms with Crippen LogP contribution < -0.4 is 4.90 Å². The molecule has 144 valence electrons. The lowest BCUT2D eigenvalue weighted by Crippen LogP contribution is -2.36. The molecule has 4 rings (SSSR count). The van der Waals surface area contributed by atoms with E-state index in [-0.39, 0.29) is 11.6 Å². The maximum atomic E-state index is 11.4. The maximum absolute atomic E-state index is 11.4. The van der Waals surface area contributed by atoms with Gasteiger partial charge in [-0.1, -0.05) is 30.3 Å². The van der Waals surface area contributed by atoms with Gasteiger partial charge < -0.3 is 15.0 Å². The van der Waals surface area contributed by atoms with Gasteiger partial charge in [-0.15, -0.1) is 0 Å². The first-order valence-electron chi connectivity index (χ1n) is 9.26. The Morgan fingerprint density at radius 2 is 1.93 bits per heavy atom. The second-order valence-corrected chi connectivity index (χ2v) is 6.90. The lowest BCUT2D eigenvalue weighted by molar-refractivity contribution is -0.384. The molecule has 1 saturated heterocycles. The van der Waals surface area contributed by atoms with E-state index in [2.05, 4.69) is 19.9 Å². The monoisotopic (exact) mass is 379 g/mol. The minimum atomic E-state index is -0.609. The van der Waals surface area contributed by atoms with E-state index < -0.39 is 11.0 Å². The molecule has 0 unspecified atom stereocenters. The van der Waals surface area contributed by atoms with Crippen molar-refractivity contribution < 1.29 is 10.0 Å². The SMILES string of the molecule is O=[N+]([O-])c1ccc(N2CCC([C@H](O)c3ncc[nH]3)CC2)nc1-c1ccccc1. The number of nitro groups is 1. The highest BCUT2D eigenvalue weighted by molar-refractivity contribution is 5.71. The molecule has 3 heterocycles. The molecule has 0 radical (unpaired) electrons. The second kappa shape index (κ2) is 7.77. The van der Waals surface area contributed by atoms with E-state index in [4.69, 9.17) is 0 Å². The molecule has 3 aromatic rings. The molecule has 2 N–H and O–H groups in total. The summed E-state index contributed by atoms with van der Waals surface area (Å²) in [6.07, 6.45) is 4.32. The van der Waals surface area contributed by atoms with Crippen molar-refractivity contribution in [3.8, 4) is 11.3 Å². The molecule has 1 fully saturated rings. The van der Waals surface area contributed by atoms with Gasteiger partial charge in [0.2, 0.25) is 0 Å². The predicted molar refractivity (Wildman–Crippen MR) is 105 cm³/mol. The van der Waals surface area contributed by atoms with E-state index in [0.29, 0.717) is 11.5 Å². The van der Waals surface area contributed by atoms with Crippen molar-refractivity contribution in [2.45, 2.75) is 18.9 Å². The van der Waals surface area contributed by atoms with Crippen LogP contribution in [-0.4, -0.2) is 38.1 Å². The first kappa shape index (κ1) is 18.1. The third-order valence-electron chi connectivity index (χ3n) is 5.21. The van der Waals surface area contributed by atoms with Gasteiger partial charge in [-0.2, -0.15) is 0 Å². The highest BCUT2D eigenvalue weighted by atomic mass is 16.6. The summed E-state index contributed by atoms with van der Waals surface area (Å²) in [7, 11) is 0. The van der Waals surface area contributed by atoms with Crippen LogP contribution in [0, 0.1) is 16.0 Å². The summed E-state index contributed by atoms with van der Waals surface area (Å²) in [5, 5.41) is 21.9. The molecule has 0 amide bonds. The molecule has 2 aromatic heterocycles. The highest BCUT2D eigenvalue weighted by Crippen LogP contribution is 2.34. The Balaban J connectivity index is 1.53. The molecule has 0 saturated carbocycles. The van der Waals surface area contributed by atoms with Gasteiger partial charge in [-0.3, -0.25) is 10.1 Å². The number of aliphatic hydroxyl groups is 1. The third kappa shape index (κ3) is 3.59. The van der Waals surface area contributed by atoms with Gasteiger partial charge in [0, 0.05) is 37.1 Å². The van der Waals surface area contributed by atoms with Crippen LogP contribution >= 0.6 is 0 Å². The van der Waals surface area contributed by atoms with Crippen LogP contribution in [0.15, 0.2) is 54.9 Å². The molecule has 0 spiro atoms. The first-order chi connectivity index (χ1) is 13.6. The molecular formula is C20H21N5O3. The minimum Gasteiger partial charge on any atom is -0.385 e. The number of hydrogen-bond acceptors (Lipinski definition) is 6. The van der Waals surface area contributed by atoms with Gasteiger partial charge in [0.25, 0.3) is 5.69 Å². The van der Waals surface area contributed by atoms with E-state index in [1.165, 1.54) is 6.07 Å². The van der Waals surface area contributed by atoms with E-state index in [9.17, 15) is 15.2 Å². The summed E-state index contributed by atoms with van der Waals surface area (Å²) in [6, 6.07) is 12.4. The average molecular weight is 379 g/mol. The summed E-state index contributed by atoms with van der Waals surface area (Å²) in [4.78, 5) is 24.9. The zero-order chi connectivity index (χ0) is 19.5. The Hall–Kier alpha value is -3.26. The Labute approximate surface area is 162 Å². The van der Waals surface area contributed by atoms with Crippen molar-refractivity contribution in [1.29, 1.82) is 0 Å². The number of hydrogen-bond donors (Lipinski definition) is 2. The number of imidazole rings is 1. The third-order valence-corrected chi connectivity index (χ3v) is 5.21. The quantitative estimate of drug-likeness (QED) is 0.520. The van der Waals surface area contributed by atoms with Crippen LogP contribution in [0.4, 0.5) is 11.5 Å². The van der Waals surface area contributed by atoms with Gasteiger partial charge in [0.05, 0.1) is 4.92 Å². The Bertz CT molecular complexity index is 938. The molecule has 8 nitrogen and oxygen atoms in total. The Morgan fingerprint density at radius 1 is 1.18 bits per heavy atom. The first-order valence-corrected chi connectivity index (χ1v) is 9.26. The van der Waals surface area contributed by atoms with Crippen molar-refractivity contribution in [3.05, 3.63) is 70.8 Å². The number of pyridine rings is 1. The van der Waals surface area contributed by atoms with Gasteiger partial charge in [-0.25, -0.2) is 9.97 Å². The molecule has 8 heteroatoms. The topological polar surface area (TPSA) is 108 Å². The number of aromatic amines is 1. The number of benzene rings is 1. The van der Waals surface area contributed by atoms with Gasteiger partial charge in [-0.05, 0) is 24.8 Å². The fraction of sp³-hybridized carbons (Fsp3) is 0.300. The smallest absolute Gasteiger partial charge is 0.295 e. The van der Waals surface area contributed by atoms with E-state index in [1.807, 2.05) is 30.3 Å². The van der Waals surface area contributed by atoms with Crippen LogP contribution in [0.25, 0.3) is 11.3 Å². The van der Waals surface area contributed by atoms with Crippen LogP contribution in [0.3, 0.4) is 0 Å². The summed E-state index contributed by atoms with van der Waals surface area (Å²) in [5.74, 6) is 1.43.